The van der Waals surface area contributed by atoms with Gasteiger partial charge in [0.15, 0.2) is 5.82 Å². The van der Waals surface area contributed by atoms with Gasteiger partial charge in [-0.3, -0.25) is 0 Å². The van der Waals surface area contributed by atoms with Crippen molar-refractivity contribution < 1.29 is 8.91 Å². The molecule has 118 valence electrons. The predicted molar refractivity (Wildman–Crippen MR) is 79.5 cm³/mol. The first-order chi connectivity index (χ1) is 11.2. The molecule has 0 bridgehead atoms. The lowest BCUT2D eigenvalue weighted by Crippen LogP contribution is -2.27. The van der Waals surface area contributed by atoms with Crippen LogP contribution in [-0.4, -0.2) is 28.2 Å². The molecule has 7 heteroatoms. The van der Waals surface area contributed by atoms with Crippen LogP contribution >= 0.6 is 0 Å². The van der Waals surface area contributed by atoms with E-state index in [-0.39, 0.29) is 12.4 Å². The van der Waals surface area contributed by atoms with Gasteiger partial charge in [0.2, 0.25) is 5.67 Å². The van der Waals surface area contributed by atoms with Crippen LogP contribution in [0.1, 0.15) is 49.0 Å². The van der Waals surface area contributed by atoms with Crippen molar-refractivity contribution in [1.82, 2.24) is 15.1 Å². The summed E-state index contributed by atoms with van der Waals surface area (Å²) in [5, 5.41) is 12.7. The van der Waals surface area contributed by atoms with Gasteiger partial charge in [-0.25, -0.2) is 9.37 Å². The maximum atomic E-state index is 15.2. The maximum Gasteiger partial charge on any atom is 0.266 e. The highest BCUT2D eigenvalue weighted by atomic mass is 19.1. The Kier molecular flexibility index (Phi) is 3.26. The highest BCUT2D eigenvalue weighted by Crippen LogP contribution is 2.39. The Balaban J connectivity index is 1.51. The summed E-state index contributed by atoms with van der Waals surface area (Å²) in [6, 6.07) is 5.39. The van der Waals surface area contributed by atoms with Crippen molar-refractivity contribution in [1.29, 1.82) is 5.26 Å². The molecule has 2 aliphatic rings. The molecule has 1 saturated heterocycles. The zero-order chi connectivity index (χ0) is 15.9. The number of alkyl halides is 1. The van der Waals surface area contributed by atoms with Crippen molar-refractivity contribution in [3.8, 4) is 6.07 Å². The van der Waals surface area contributed by atoms with Crippen LogP contribution in [0, 0.1) is 11.3 Å². The molecule has 0 N–H and O–H groups in total. The summed E-state index contributed by atoms with van der Waals surface area (Å²) in [5.74, 6) is 1.06. The Morgan fingerprint density at radius 1 is 1.39 bits per heavy atom. The number of nitriles is 1. The van der Waals surface area contributed by atoms with E-state index in [1.54, 1.807) is 18.3 Å². The molecule has 1 aliphatic carbocycles. The van der Waals surface area contributed by atoms with E-state index in [1.807, 2.05) is 11.0 Å². The van der Waals surface area contributed by atoms with E-state index in [1.165, 1.54) is 6.42 Å². The van der Waals surface area contributed by atoms with Crippen LogP contribution in [0.25, 0.3) is 0 Å². The summed E-state index contributed by atoms with van der Waals surface area (Å²) in [4.78, 5) is 10.2. The second-order valence-electron chi connectivity index (χ2n) is 6.24. The molecular formula is C16H16FN5O. The van der Waals surface area contributed by atoms with Crippen molar-refractivity contribution in [2.24, 2.45) is 0 Å². The number of rotatable bonds is 3. The standard InChI is InChI=1S/C16H16FN5O/c17-16(15-20-14(21-23-15)11-2-1-3-11)6-7-22(10-16)13-5-4-12(8-18)19-9-13/h4-5,9,11H,1-3,6-7,10H2. The zero-order valence-electron chi connectivity index (χ0n) is 12.6. The van der Waals surface area contributed by atoms with E-state index >= 15 is 4.39 Å². The molecule has 0 amide bonds. The number of nitrogens with zero attached hydrogens (tertiary/aromatic N) is 5. The summed E-state index contributed by atoms with van der Waals surface area (Å²) in [6.07, 6.45) is 5.19. The van der Waals surface area contributed by atoms with Gasteiger partial charge in [-0.1, -0.05) is 11.6 Å². The Hall–Kier alpha value is -2.49. The molecule has 3 heterocycles. The molecule has 23 heavy (non-hydrogen) atoms. The molecule has 2 aromatic heterocycles. The SMILES string of the molecule is N#Cc1ccc(N2CCC(F)(c3nc(C4CCC4)no3)C2)cn1. The van der Waals surface area contributed by atoms with Gasteiger partial charge in [0.05, 0.1) is 18.4 Å². The Morgan fingerprint density at radius 3 is 2.91 bits per heavy atom. The normalized spacial score (nSPS) is 24.4. The maximum absolute atomic E-state index is 15.2. The highest BCUT2D eigenvalue weighted by molar-refractivity contribution is 5.47. The van der Waals surface area contributed by atoms with Crippen molar-refractivity contribution in [3.63, 3.8) is 0 Å². The van der Waals surface area contributed by atoms with Crippen molar-refractivity contribution in [2.45, 2.75) is 37.3 Å². The van der Waals surface area contributed by atoms with Gasteiger partial charge >= 0.3 is 0 Å². The van der Waals surface area contributed by atoms with Gasteiger partial charge in [-0.05, 0) is 25.0 Å². The zero-order valence-corrected chi connectivity index (χ0v) is 12.6. The summed E-state index contributed by atoms with van der Waals surface area (Å²) in [7, 11) is 0. The second-order valence-corrected chi connectivity index (χ2v) is 6.24. The number of pyridine rings is 1. The first-order valence-corrected chi connectivity index (χ1v) is 7.82. The molecule has 4 rings (SSSR count). The van der Waals surface area contributed by atoms with Gasteiger partial charge in [-0.15, -0.1) is 0 Å². The Bertz CT molecular complexity index is 749. The third-order valence-electron chi connectivity index (χ3n) is 4.74. The summed E-state index contributed by atoms with van der Waals surface area (Å²) >= 11 is 0. The molecule has 1 unspecified atom stereocenters. The lowest BCUT2D eigenvalue weighted by atomic mass is 9.85. The van der Waals surface area contributed by atoms with Crippen LogP contribution in [0.3, 0.4) is 0 Å². The van der Waals surface area contributed by atoms with E-state index in [2.05, 4.69) is 15.1 Å². The fraction of sp³-hybridized carbons (Fsp3) is 0.500. The van der Waals surface area contributed by atoms with Crippen molar-refractivity contribution in [2.75, 3.05) is 18.0 Å². The van der Waals surface area contributed by atoms with Gasteiger partial charge < -0.3 is 9.42 Å². The van der Waals surface area contributed by atoms with Gasteiger partial charge in [-0.2, -0.15) is 10.2 Å². The fourth-order valence-electron chi connectivity index (χ4n) is 3.06. The summed E-state index contributed by atoms with van der Waals surface area (Å²) < 4.78 is 20.4. The van der Waals surface area contributed by atoms with Crippen molar-refractivity contribution >= 4 is 5.69 Å². The quantitative estimate of drug-likeness (QED) is 0.867. The number of anilines is 1. The largest absolute Gasteiger partial charge is 0.366 e. The Morgan fingerprint density at radius 2 is 2.26 bits per heavy atom. The molecule has 0 aromatic carbocycles. The smallest absolute Gasteiger partial charge is 0.266 e. The number of aromatic nitrogens is 3. The van der Waals surface area contributed by atoms with Crippen LogP contribution in [0.15, 0.2) is 22.9 Å². The lowest BCUT2D eigenvalue weighted by Gasteiger charge is -2.21. The minimum Gasteiger partial charge on any atom is -0.366 e. The molecule has 1 aliphatic heterocycles. The van der Waals surface area contributed by atoms with Crippen LogP contribution < -0.4 is 4.90 Å². The topological polar surface area (TPSA) is 78.8 Å². The Labute approximate surface area is 132 Å². The van der Waals surface area contributed by atoms with E-state index < -0.39 is 5.67 Å². The number of halogens is 1. The molecule has 0 spiro atoms. The van der Waals surface area contributed by atoms with Crippen LogP contribution in [0.4, 0.5) is 10.1 Å². The molecule has 6 nitrogen and oxygen atoms in total. The van der Waals surface area contributed by atoms with E-state index in [4.69, 9.17) is 9.78 Å². The van der Waals surface area contributed by atoms with E-state index in [9.17, 15) is 0 Å². The molecule has 2 fully saturated rings. The van der Waals surface area contributed by atoms with Gasteiger partial charge in [0.25, 0.3) is 5.89 Å². The minimum absolute atomic E-state index is 0.0866. The predicted octanol–water partition coefficient (Wildman–Crippen LogP) is 2.68. The van der Waals surface area contributed by atoms with Crippen molar-refractivity contribution in [3.05, 3.63) is 35.7 Å². The molecule has 1 saturated carbocycles. The van der Waals surface area contributed by atoms with Gasteiger partial charge in [0, 0.05) is 18.9 Å². The van der Waals surface area contributed by atoms with E-state index in [0.29, 0.717) is 30.4 Å². The van der Waals surface area contributed by atoms with Crippen LogP contribution in [0.5, 0.6) is 0 Å². The van der Waals surface area contributed by atoms with Gasteiger partial charge in [0.1, 0.15) is 11.8 Å². The lowest BCUT2D eigenvalue weighted by molar-refractivity contribution is 0.135. The fourth-order valence-corrected chi connectivity index (χ4v) is 3.06. The molecule has 1 atom stereocenters. The summed E-state index contributed by atoms with van der Waals surface area (Å²) in [5.41, 5.74) is -0.480. The van der Waals surface area contributed by atoms with Crippen LogP contribution in [0.2, 0.25) is 0 Å². The third kappa shape index (κ3) is 2.44. The third-order valence-corrected chi connectivity index (χ3v) is 4.74. The minimum atomic E-state index is -1.62. The second kappa shape index (κ2) is 5.30. The van der Waals surface area contributed by atoms with Crippen LogP contribution in [-0.2, 0) is 5.67 Å². The molecular weight excluding hydrogens is 297 g/mol. The average Bonchev–Trinajstić information content (AvgIpc) is 3.14. The summed E-state index contributed by atoms with van der Waals surface area (Å²) in [6.45, 7) is 0.706. The average molecular weight is 313 g/mol. The number of hydrogen-bond acceptors (Lipinski definition) is 6. The first kappa shape index (κ1) is 14.1. The number of hydrogen-bond donors (Lipinski definition) is 0. The molecule has 2 aromatic rings. The highest BCUT2D eigenvalue weighted by Gasteiger charge is 2.45. The van der Waals surface area contributed by atoms with E-state index in [0.717, 1.165) is 18.5 Å². The first-order valence-electron chi connectivity index (χ1n) is 7.82. The monoisotopic (exact) mass is 313 g/mol. The molecule has 0 radical (unpaired) electrons.